The first-order valence-electron chi connectivity index (χ1n) is 7.08. The monoisotopic (exact) mass is 264 g/mol. The fourth-order valence-electron chi connectivity index (χ4n) is 3.31. The Morgan fingerprint density at radius 2 is 2.15 bits per heavy atom. The number of hydrogen-bond acceptors (Lipinski definition) is 1. The Kier molecular flexibility index (Phi) is 3.13. The third-order valence-electron chi connectivity index (χ3n) is 4.32. The molecule has 3 rings (SSSR count). The first-order chi connectivity index (χ1) is 9.69. The van der Waals surface area contributed by atoms with E-state index in [1.165, 1.54) is 11.1 Å². The summed E-state index contributed by atoms with van der Waals surface area (Å²) in [5.41, 5.74) is 3.62. The molecule has 1 aromatic rings. The van der Waals surface area contributed by atoms with E-state index in [9.17, 15) is 0 Å². The summed E-state index contributed by atoms with van der Waals surface area (Å²) in [6.45, 7) is 11.8. The average molecular weight is 264 g/mol. The molecule has 1 aliphatic carbocycles. The maximum atomic E-state index is 6.18. The van der Waals surface area contributed by atoms with Crippen molar-refractivity contribution in [3.05, 3.63) is 78.9 Å². The first-order valence-corrected chi connectivity index (χ1v) is 7.08. The minimum absolute atomic E-state index is 0.0740. The molecule has 0 spiro atoms. The van der Waals surface area contributed by atoms with Gasteiger partial charge in [0, 0.05) is 12.0 Å². The van der Waals surface area contributed by atoms with E-state index in [0.29, 0.717) is 0 Å². The van der Waals surface area contributed by atoms with Crippen molar-refractivity contribution >= 4 is 0 Å². The van der Waals surface area contributed by atoms with Crippen LogP contribution in [0.25, 0.3) is 0 Å². The van der Waals surface area contributed by atoms with Gasteiger partial charge in [0.25, 0.3) is 0 Å². The SMILES string of the molecule is C=CCc1ccc2c(c1)[C@]1(CC=C)C=CC(=C)C[C@@H]1O2. The Morgan fingerprint density at radius 1 is 1.30 bits per heavy atom. The molecule has 0 unspecified atom stereocenters. The first kappa shape index (κ1) is 13.0. The minimum atomic E-state index is -0.0740. The molecule has 1 heterocycles. The highest BCUT2D eigenvalue weighted by Crippen LogP contribution is 2.50. The van der Waals surface area contributed by atoms with Crippen LogP contribution in [0.2, 0.25) is 0 Å². The molecule has 20 heavy (non-hydrogen) atoms. The van der Waals surface area contributed by atoms with Gasteiger partial charge >= 0.3 is 0 Å². The van der Waals surface area contributed by atoms with Crippen molar-refractivity contribution in [3.63, 3.8) is 0 Å². The zero-order valence-electron chi connectivity index (χ0n) is 11.8. The smallest absolute Gasteiger partial charge is 0.124 e. The van der Waals surface area contributed by atoms with Crippen LogP contribution in [0.3, 0.4) is 0 Å². The lowest BCUT2D eigenvalue weighted by molar-refractivity contribution is 0.169. The number of rotatable bonds is 4. The highest BCUT2D eigenvalue weighted by molar-refractivity contribution is 5.53. The minimum Gasteiger partial charge on any atom is -0.488 e. The van der Waals surface area contributed by atoms with Crippen LogP contribution in [0, 0.1) is 0 Å². The predicted molar refractivity (Wildman–Crippen MR) is 84.1 cm³/mol. The lowest BCUT2D eigenvalue weighted by Crippen LogP contribution is -2.38. The molecule has 0 saturated carbocycles. The quantitative estimate of drug-likeness (QED) is 0.727. The van der Waals surface area contributed by atoms with Crippen molar-refractivity contribution < 1.29 is 4.74 Å². The van der Waals surface area contributed by atoms with Crippen LogP contribution in [0.1, 0.15) is 24.0 Å². The van der Waals surface area contributed by atoms with Gasteiger partial charge in [-0.1, -0.05) is 48.6 Å². The summed E-state index contributed by atoms with van der Waals surface area (Å²) in [5, 5.41) is 0. The summed E-state index contributed by atoms with van der Waals surface area (Å²) < 4.78 is 6.18. The van der Waals surface area contributed by atoms with Crippen LogP contribution in [0.4, 0.5) is 0 Å². The van der Waals surface area contributed by atoms with Gasteiger partial charge < -0.3 is 4.74 Å². The number of fused-ring (bicyclic) bond motifs is 3. The number of hydrogen-bond donors (Lipinski definition) is 0. The van der Waals surface area contributed by atoms with E-state index in [0.717, 1.165) is 30.6 Å². The zero-order chi connectivity index (χ0) is 14.2. The van der Waals surface area contributed by atoms with Crippen LogP contribution >= 0.6 is 0 Å². The van der Waals surface area contributed by atoms with Gasteiger partial charge in [-0.3, -0.25) is 0 Å². The van der Waals surface area contributed by atoms with E-state index in [1.54, 1.807) is 0 Å². The van der Waals surface area contributed by atoms with Crippen LogP contribution < -0.4 is 4.74 Å². The molecule has 0 amide bonds. The van der Waals surface area contributed by atoms with Crippen molar-refractivity contribution in [1.82, 2.24) is 0 Å². The maximum Gasteiger partial charge on any atom is 0.124 e. The van der Waals surface area contributed by atoms with E-state index >= 15 is 0 Å². The normalized spacial score (nSPS) is 26.6. The molecular formula is C19H20O. The summed E-state index contributed by atoms with van der Waals surface area (Å²) in [5.74, 6) is 1.00. The van der Waals surface area contributed by atoms with Gasteiger partial charge in [0.05, 0.1) is 5.41 Å². The van der Waals surface area contributed by atoms with Crippen molar-refractivity contribution in [1.29, 1.82) is 0 Å². The average Bonchev–Trinajstić information content (AvgIpc) is 2.73. The summed E-state index contributed by atoms with van der Waals surface area (Å²) in [7, 11) is 0. The highest BCUT2D eigenvalue weighted by Gasteiger charge is 2.47. The second-order valence-corrected chi connectivity index (χ2v) is 5.66. The molecule has 1 aromatic carbocycles. The molecule has 1 heteroatoms. The molecule has 0 radical (unpaired) electrons. The summed E-state index contributed by atoms with van der Waals surface area (Å²) in [6.07, 6.45) is 11.1. The Balaban J connectivity index is 2.12. The lowest BCUT2D eigenvalue weighted by Gasteiger charge is -2.34. The highest BCUT2D eigenvalue weighted by atomic mass is 16.5. The Bertz CT molecular complexity index is 608. The zero-order valence-corrected chi connectivity index (χ0v) is 11.8. The second kappa shape index (κ2) is 4.82. The molecule has 1 aliphatic heterocycles. The molecule has 1 nitrogen and oxygen atoms in total. The van der Waals surface area contributed by atoms with Crippen molar-refractivity contribution in [2.45, 2.75) is 30.8 Å². The number of benzene rings is 1. The van der Waals surface area contributed by atoms with E-state index < -0.39 is 0 Å². The molecule has 0 aromatic heterocycles. The van der Waals surface area contributed by atoms with Crippen LogP contribution in [0.5, 0.6) is 5.75 Å². The van der Waals surface area contributed by atoms with Crippen LogP contribution in [-0.4, -0.2) is 6.10 Å². The van der Waals surface area contributed by atoms with Crippen molar-refractivity contribution in [2.24, 2.45) is 0 Å². The fraction of sp³-hybridized carbons (Fsp3) is 0.263. The third kappa shape index (κ3) is 1.85. The van der Waals surface area contributed by atoms with Gasteiger partial charge in [0.2, 0.25) is 0 Å². The van der Waals surface area contributed by atoms with Crippen molar-refractivity contribution in [3.8, 4) is 5.75 Å². The fourth-order valence-corrected chi connectivity index (χ4v) is 3.31. The van der Waals surface area contributed by atoms with E-state index in [-0.39, 0.29) is 11.5 Å². The summed E-state index contributed by atoms with van der Waals surface area (Å²) >= 11 is 0. The van der Waals surface area contributed by atoms with Gasteiger partial charge in [-0.15, -0.1) is 13.2 Å². The van der Waals surface area contributed by atoms with Gasteiger partial charge in [-0.25, -0.2) is 0 Å². The Hall–Kier alpha value is -2.02. The van der Waals surface area contributed by atoms with Gasteiger partial charge in [-0.05, 0) is 24.5 Å². The molecule has 102 valence electrons. The lowest BCUT2D eigenvalue weighted by atomic mass is 9.69. The summed E-state index contributed by atoms with van der Waals surface area (Å²) in [6, 6.07) is 6.48. The van der Waals surface area contributed by atoms with E-state index in [1.807, 2.05) is 12.2 Å². The second-order valence-electron chi connectivity index (χ2n) is 5.66. The summed E-state index contributed by atoms with van der Waals surface area (Å²) in [4.78, 5) is 0. The maximum absolute atomic E-state index is 6.18. The van der Waals surface area contributed by atoms with E-state index in [4.69, 9.17) is 4.74 Å². The predicted octanol–water partition coefficient (Wildman–Crippen LogP) is 4.51. The number of allylic oxidation sites excluding steroid dienone is 3. The van der Waals surface area contributed by atoms with Crippen LogP contribution in [-0.2, 0) is 11.8 Å². The standard InChI is InChI=1S/C19H20O/c1-4-6-15-7-8-17-16(13-15)19(10-5-2)11-9-14(3)12-18(19)20-17/h4-5,7-9,11,13,18H,1-3,6,10,12H2/t18-,19-/m0/s1. The molecule has 0 fully saturated rings. The largest absolute Gasteiger partial charge is 0.488 e. The van der Waals surface area contributed by atoms with Crippen molar-refractivity contribution in [2.75, 3.05) is 0 Å². The molecule has 2 aliphatic rings. The van der Waals surface area contributed by atoms with Gasteiger partial charge in [0.1, 0.15) is 11.9 Å². The molecule has 0 bridgehead atoms. The molecule has 0 saturated heterocycles. The molecule has 2 atom stereocenters. The van der Waals surface area contributed by atoms with Crippen LogP contribution in [0.15, 0.2) is 67.8 Å². The molecule has 0 N–H and O–H groups in total. The van der Waals surface area contributed by atoms with E-state index in [2.05, 4.69) is 50.1 Å². The van der Waals surface area contributed by atoms with Gasteiger partial charge in [-0.2, -0.15) is 0 Å². The Morgan fingerprint density at radius 3 is 2.90 bits per heavy atom. The third-order valence-corrected chi connectivity index (χ3v) is 4.32. The molecular weight excluding hydrogens is 244 g/mol. The number of ether oxygens (including phenoxy) is 1. The Labute approximate surface area is 121 Å². The topological polar surface area (TPSA) is 9.23 Å². The van der Waals surface area contributed by atoms with Gasteiger partial charge in [0.15, 0.2) is 0 Å².